The van der Waals surface area contributed by atoms with Crippen LogP contribution in [0.25, 0.3) is 22.0 Å². The molecule has 2 aromatic carbocycles. The van der Waals surface area contributed by atoms with Gasteiger partial charge in [-0.25, -0.2) is 22.3 Å². The average Bonchev–Trinajstić information content (AvgIpc) is 3.95. The van der Waals surface area contributed by atoms with Crippen LogP contribution in [0, 0.1) is 23.5 Å². The Morgan fingerprint density at radius 2 is 1.56 bits per heavy atom. The molecule has 3 heterocycles. The number of likely N-dealkylation sites (N-methyl/N-ethyl adjacent to an activating group) is 1. The Bertz CT molecular complexity index is 2800. The first kappa shape index (κ1) is 60.9. The Kier molecular flexibility index (Phi) is 21.6. The number of aryl methyl sites for hydroxylation is 1. The van der Waals surface area contributed by atoms with Gasteiger partial charge in [-0.05, 0) is 82.5 Å². The molecule has 1 aliphatic rings. The molecule has 72 heavy (non-hydrogen) atoms. The van der Waals surface area contributed by atoms with Crippen LogP contribution in [-0.2, 0) is 69.4 Å². The van der Waals surface area contributed by atoms with Gasteiger partial charge in [-0.3, -0.25) is 23.2 Å². The summed E-state index contributed by atoms with van der Waals surface area (Å²) in [6, 6.07) is 7.32. The molecule has 0 aliphatic heterocycles. The van der Waals surface area contributed by atoms with Crippen molar-refractivity contribution in [2.45, 2.75) is 116 Å². The lowest BCUT2D eigenvalue weighted by Gasteiger charge is -2.21. The number of alkyl halides is 8. The van der Waals surface area contributed by atoms with Gasteiger partial charge < -0.3 is 10.6 Å². The summed E-state index contributed by atoms with van der Waals surface area (Å²) in [5.74, 6) is -0.388. The van der Waals surface area contributed by atoms with E-state index < -0.39 is 98.6 Å². The van der Waals surface area contributed by atoms with Crippen molar-refractivity contribution >= 4 is 62.4 Å². The zero-order chi connectivity index (χ0) is 54.7. The van der Waals surface area contributed by atoms with E-state index in [9.17, 15) is 61.9 Å². The third kappa shape index (κ3) is 15.1. The Balaban J connectivity index is 0.000000540. The molecule has 3 atom stereocenters. The van der Waals surface area contributed by atoms with Gasteiger partial charge in [-0.1, -0.05) is 57.7 Å². The van der Waals surface area contributed by atoms with Crippen LogP contribution in [0.2, 0.25) is 5.02 Å². The summed E-state index contributed by atoms with van der Waals surface area (Å²) >= 11 is 6.58. The van der Waals surface area contributed by atoms with Gasteiger partial charge in [0.1, 0.15) is 45.3 Å². The van der Waals surface area contributed by atoms with Crippen molar-refractivity contribution in [1.82, 2.24) is 35.2 Å². The van der Waals surface area contributed by atoms with Crippen LogP contribution in [0.3, 0.4) is 0 Å². The standard InChI is InChI=1S/C33H32ClF5N6O4S2.C9H9F5N2.C3H8.C2H6/c1-32(2,50(4)48)11-10-22-6-7-23(29(42-22)26(41-18-46)14-19-12-20(35)15-21(36)13-19)24-8-9-25(34)28-30(24)44(17-33(37,38)39)43-31(28)45(51(5)49)27(47)16-40-3;1-2-16-7-5(3-4-8(7,10)11)6(15-16)9(12,13)14;1-3-2;1-2/h6-9,12-13,15,18,26,40H,14,16-17H2,1-5H3,(H,41,46);2-4H2,1H3;3H2,1-2H3;1-2H3. The van der Waals surface area contributed by atoms with Gasteiger partial charge in [0.05, 0.1) is 34.2 Å². The molecule has 0 bridgehead atoms. The molecule has 0 spiro atoms. The minimum absolute atomic E-state index is 0.00794. The monoisotopic (exact) mass is 1080 g/mol. The van der Waals surface area contributed by atoms with Gasteiger partial charge in [0.15, 0.2) is 11.5 Å². The third-order valence-corrected chi connectivity index (χ3v) is 12.9. The fourth-order valence-corrected chi connectivity index (χ4v) is 8.27. The van der Waals surface area contributed by atoms with Crippen LogP contribution in [0.1, 0.15) is 101 Å². The second-order valence-corrected chi connectivity index (χ2v) is 19.7. The Hall–Kier alpha value is -5.38. The number of carbonyl (C=O) groups excluding carboxylic acids is 2. The van der Waals surface area contributed by atoms with Gasteiger partial charge >= 0.3 is 12.4 Å². The van der Waals surface area contributed by atoms with Crippen LogP contribution >= 0.6 is 11.6 Å². The summed E-state index contributed by atoms with van der Waals surface area (Å²) in [6.07, 6.45) is -6.33. The number of benzene rings is 2. The topological polar surface area (TPSA) is 144 Å². The van der Waals surface area contributed by atoms with Gasteiger partial charge in [0.25, 0.3) is 11.8 Å². The first-order chi connectivity index (χ1) is 33.5. The largest absolute Gasteiger partial charge is 0.435 e. The number of fused-ring (bicyclic) bond motifs is 2. The number of aromatic nitrogens is 5. The molecular weight excluding hydrogens is 1030 g/mol. The lowest BCUT2D eigenvalue weighted by Crippen LogP contribution is -2.38. The minimum atomic E-state index is -4.82. The smallest absolute Gasteiger partial charge is 0.350 e. The van der Waals surface area contributed by atoms with Crippen molar-refractivity contribution in [3.8, 4) is 23.0 Å². The van der Waals surface area contributed by atoms with Gasteiger partial charge in [-0.2, -0.15) is 45.3 Å². The Morgan fingerprint density at radius 3 is 2.07 bits per heavy atom. The van der Waals surface area contributed by atoms with Crippen LogP contribution < -0.4 is 14.9 Å². The Morgan fingerprint density at radius 1 is 0.958 bits per heavy atom. The predicted molar refractivity (Wildman–Crippen MR) is 259 cm³/mol. The number of nitrogens with zero attached hydrogens (tertiary/aromatic N) is 6. The number of rotatable bonds is 13. The second kappa shape index (κ2) is 25.5. The number of anilines is 1. The van der Waals surface area contributed by atoms with E-state index in [1.165, 1.54) is 50.9 Å². The van der Waals surface area contributed by atoms with E-state index in [2.05, 4.69) is 51.5 Å². The molecule has 0 fully saturated rings. The van der Waals surface area contributed by atoms with Crippen molar-refractivity contribution in [1.29, 1.82) is 0 Å². The van der Waals surface area contributed by atoms with Crippen molar-refractivity contribution in [2.75, 3.05) is 30.4 Å². The third-order valence-electron chi connectivity index (χ3n) is 10.2. The van der Waals surface area contributed by atoms with E-state index in [1.54, 1.807) is 13.8 Å². The van der Waals surface area contributed by atoms with Crippen molar-refractivity contribution in [2.24, 2.45) is 0 Å². The van der Waals surface area contributed by atoms with Crippen molar-refractivity contribution in [3.05, 3.63) is 93.0 Å². The number of pyridine rings is 1. The average molecular weight is 1090 g/mol. The highest BCUT2D eigenvalue weighted by Crippen LogP contribution is 2.47. The summed E-state index contributed by atoms with van der Waals surface area (Å²) < 4.78 is 161. The quantitative estimate of drug-likeness (QED) is 0.0674. The molecule has 6 rings (SSSR count). The summed E-state index contributed by atoms with van der Waals surface area (Å²) in [4.78, 5) is 29.6. The van der Waals surface area contributed by atoms with Crippen LogP contribution in [-0.4, -0.2) is 82.3 Å². The van der Waals surface area contributed by atoms with E-state index in [0.29, 0.717) is 17.2 Å². The van der Waals surface area contributed by atoms with E-state index in [-0.39, 0.29) is 75.5 Å². The van der Waals surface area contributed by atoms with E-state index in [4.69, 9.17) is 11.6 Å². The molecule has 3 aromatic heterocycles. The SMILES string of the molecule is CC.CCC.CCn1nc(C(F)(F)F)c2c1C(F)(F)CC2.CNCC(=O)N(c1nn(CC(F)(F)F)c2c(-c3ccc(C#CC(C)(C)S(C)=O)nc3C(Cc3cc(F)cc(F)c3)NC=O)ccc(Cl)c12)S(C)=O. The maximum absolute atomic E-state index is 14.2. The lowest BCUT2D eigenvalue weighted by atomic mass is 9.94. The predicted octanol–water partition coefficient (Wildman–Crippen LogP) is 10.4. The zero-order valence-corrected chi connectivity index (χ0v) is 43.3. The molecule has 3 unspecified atom stereocenters. The molecule has 25 heteroatoms. The fourth-order valence-electron chi connectivity index (χ4n) is 7.12. The molecular formula is C47H55ClF10N8O4S2. The lowest BCUT2D eigenvalue weighted by molar-refractivity contribution is -0.142. The maximum Gasteiger partial charge on any atom is 0.435 e. The first-order valence-corrected chi connectivity index (χ1v) is 25.6. The molecule has 396 valence electrons. The first-order valence-electron chi connectivity index (χ1n) is 22.2. The highest BCUT2D eigenvalue weighted by atomic mass is 35.5. The van der Waals surface area contributed by atoms with Gasteiger partial charge in [0.2, 0.25) is 6.41 Å². The Labute approximate surface area is 420 Å². The molecule has 2 N–H and O–H groups in total. The molecule has 0 radical (unpaired) electrons. The molecule has 2 amide bonds. The van der Waals surface area contributed by atoms with Crippen molar-refractivity contribution in [3.63, 3.8) is 0 Å². The van der Waals surface area contributed by atoms with Crippen LogP contribution in [0.4, 0.5) is 49.7 Å². The summed E-state index contributed by atoms with van der Waals surface area (Å²) in [6.45, 7) is 11.1. The summed E-state index contributed by atoms with van der Waals surface area (Å²) in [5.41, 5.74) is -1.83. The molecule has 1 aliphatic carbocycles. The highest BCUT2D eigenvalue weighted by molar-refractivity contribution is 7.86. The fraction of sp³-hybridized carbons (Fsp3) is 0.468. The summed E-state index contributed by atoms with van der Waals surface area (Å²) in [7, 11) is -2.02. The van der Waals surface area contributed by atoms with Gasteiger partial charge in [0, 0.05) is 59.0 Å². The van der Waals surface area contributed by atoms with E-state index in [1.807, 2.05) is 13.8 Å². The number of hydrogen-bond acceptors (Lipinski definition) is 8. The molecule has 0 saturated heterocycles. The zero-order valence-electron chi connectivity index (χ0n) is 40.9. The molecule has 5 aromatic rings. The number of halogens is 11. The summed E-state index contributed by atoms with van der Waals surface area (Å²) in [5, 5.41) is 12.3. The highest BCUT2D eigenvalue weighted by Gasteiger charge is 2.49. The van der Waals surface area contributed by atoms with Crippen molar-refractivity contribution < 1.29 is 61.9 Å². The minimum Gasteiger partial charge on any atom is -0.350 e. The number of amides is 2. The maximum atomic E-state index is 14.2. The van der Waals surface area contributed by atoms with Crippen LogP contribution in [0.15, 0.2) is 42.5 Å². The number of carbonyl (C=O) groups is 2. The number of nitrogens with one attached hydrogen (secondary N) is 2. The molecule has 0 saturated carbocycles. The van der Waals surface area contributed by atoms with E-state index >= 15 is 0 Å². The number of hydrogen-bond donors (Lipinski definition) is 2. The van der Waals surface area contributed by atoms with Gasteiger partial charge in [-0.15, -0.1) is 0 Å². The second-order valence-electron chi connectivity index (χ2n) is 16.1. The molecule has 12 nitrogen and oxygen atoms in total. The van der Waals surface area contributed by atoms with E-state index in [0.717, 1.165) is 27.4 Å². The van der Waals surface area contributed by atoms with Crippen LogP contribution in [0.5, 0.6) is 0 Å². The normalized spacial score (nSPS) is 14.2.